The molecule has 7 heteroatoms. The van der Waals surface area contributed by atoms with Crippen molar-refractivity contribution in [2.45, 2.75) is 45.3 Å². The van der Waals surface area contributed by atoms with Gasteiger partial charge in [-0.25, -0.2) is 4.98 Å². The van der Waals surface area contributed by atoms with E-state index in [2.05, 4.69) is 10.3 Å². The van der Waals surface area contributed by atoms with Crippen molar-refractivity contribution in [3.8, 4) is 28.7 Å². The van der Waals surface area contributed by atoms with E-state index in [1.807, 2.05) is 55.5 Å². The van der Waals surface area contributed by atoms with Gasteiger partial charge in [0.15, 0.2) is 5.76 Å². The lowest BCUT2D eigenvalue weighted by Crippen LogP contribution is -2.31. The molecule has 0 bridgehead atoms. The normalized spacial score (nSPS) is 15.1. The lowest BCUT2D eigenvalue weighted by molar-refractivity contribution is -0.119. The number of hydrogen-bond donors (Lipinski definition) is 2. The van der Waals surface area contributed by atoms with Gasteiger partial charge in [0.05, 0.1) is 12.8 Å². The van der Waals surface area contributed by atoms with Crippen molar-refractivity contribution in [1.82, 2.24) is 10.3 Å². The number of nitrogens with one attached hydrogen (secondary N) is 1. The van der Waals surface area contributed by atoms with E-state index in [-0.39, 0.29) is 11.9 Å². The first kappa shape index (κ1) is 21.9. The third-order valence-electron chi connectivity index (χ3n) is 5.20. The molecule has 0 radical (unpaired) electrons. The van der Waals surface area contributed by atoms with Gasteiger partial charge in [0, 0.05) is 31.0 Å². The van der Waals surface area contributed by atoms with Crippen molar-refractivity contribution in [2.75, 3.05) is 6.61 Å². The van der Waals surface area contributed by atoms with Crippen LogP contribution < -0.4 is 14.8 Å². The SMILES string of the molecule is CC(=O)NC(C)CC(O)c1cnc(-c2ccc(Oc3cccc(OCC4CC4)c3)cc2)o1. The summed E-state index contributed by atoms with van der Waals surface area (Å²) in [7, 11) is 0. The number of rotatable bonds is 10. The summed E-state index contributed by atoms with van der Waals surface area (Å²) in [5, 5.41) is 13.1. The molecule has 32 heavy (non-hydrogen) atoms. The number of amides is 1. The second-order valence-corrected chi connectivity index (χ2v) is 8.28. The van der Waals surface area contributed by atoms with Crippen LogP contribution in [0.3, 0.4) is 0 Å². The van der Waals surface area contributed by atoms with E-state index in [0.717, 1.165) is 17.9 Å². The Hall–Kier alpha value is -3.32. The average Bonchev–Trinajstić information content (AvgIpc) is 3.46. The molecule has 2 atom stereocenters. The van der Waals surface area contributed by atoms with Crippen molar-refractivity contribution in [3.05, 3.63) is 60.5 Å². The van der Waals surface area contributed by atoms with Crippen LogP contribution in [0.25, 0.3) is 11.5 Å². The Kier molecular flexibility index (Phi) is 6.75. The highest BCUT2D eigenvalue weighted by Gasteiger charge is 2.22. The molecule has 0 saturated heterocycles. The predicted octanol–water partition coefficient (Wildman–Crippen LogP) is 4.87. The molecule has 1 amide bonds. The Morgan fingerprint density at radius 3 is 2.66 bits per heavy atom. The van der Waals surface area contributed by atoms with Gasteiger partial charge in [-0.3, -0.25) is 4.79 Å². The topological polar surface area (TPSA) is 93.8 Å². The molecule has 4 rings (SSSR count). The van der Waals surface area contributed by atoms with Crippen LogP contribution in [0.2, 0.25) is 0 Å². The Morgan fingerprint density at radius 1 is 1.19 bits per heavy atom. The summed E-state index contributed by atoms with van der Waals surface area (Å²) >= 11 is 0. The number of ether oxygens (including phenoxy) is 2. The van der Waals surface area contributed by atoms with E-state index >= 15 is 0 Å². The highest BCUT2D eigenvalue weighted by Crippen LogP contribution is 2.32. The summed E-state index contributed by atoms with van der Waals surface area (Å²) in [5.41, 5.74) is 0.771. The average molecular weight is 437 g/mol. The van der Waals surface area contributed by atoms with Crippen molar-refractivity contribution in [3.63, 3.8) is 0 Å². The third-order valence-corrected chi connectivity index (χ3v) is 5.20. The van der Waals surface area contributed by atoms with E-state index in [9.17, 15) is 9.90 Å². The molecule has 2 aromatic carbocycles. The number of aliphatic hydroxyl groups is 1. The van der Waals surface area contributed by atoms with Gasteiger partial charge in [0.25, 0.3) is 0 Å². The van der Waals surface area contributed by atoms with Crippen LogP contribution in [0.15, 0.2) is 59.1 Å². The number of carbonyl (C=O) groups is 1. The molecule has 1 aliphatic carbocycles. The molecule has 7 nitrogen and oxygen atoms in total. The van der Waals surface area contributed by atoms with E-state index in [1.54, 1.807) is 0 Å². The van der Waals surface area contributed by atoms with E-state index in [1.165, 1.54) is 26.0 Å². The number of aliphatic hydroxyl groups excluding tert-OH is 1. The van der Waals surface area contributed by atoms with Gasteiger partial charge in [-0.1, -0.05) is 6.07 Å². The van der Waals surface area contributed by atoms with Crippen molar-refractivity contribution >= 4 is 5.91 Å². The van der Waals surface area contributed by atoms with Crippen LogP contribution in [0.1, 0.15) is 45.0 Å². The lowest BCUT2D eigenvalue weighted by atomic mass is 10.1. The number of benzene rings is 2. The number of oxazole rings is 1. The molecule has 2 unspecified atom stereocenters. The molecule has 2 N–H and O–H groups in total. The maximum atomic E-state index is 11.1. The predicted molar refractivity (Wildman–Crippen MR) is 120 cm³/mol. The molecule has 1 saturated carbocycles. The van der Waals surface area contributed by atoms with Crippen molar-refractivity contribution < 1.29 is 23.8 Å². The Labute approximate surface area is 187 Å². The first-order valence-corrected chi connectivity index (χ1v) is 10.9. The van der Waals surface area contributed by atoms with Crippen LogP contribution in [0, 0.1) is 5.92 Å². The zero-order valence-corrected chi connectivity index (χ0v) is 18.3. The first-order chi connectivity index (χ1) is 15.5. The highest BCUT2D eigenvalue weighted by atomic mass is 16.5. The Balaban J connectivity index is 1.35. The number of aromatic nitrogens is 1. The van der Waals surface area contributed by atoms with Gasteiger partial charge in [-0.15, -0.1) is 0 Å². The molecule has 1 aliphatic rings. The summed E-state index contributed by atoms with van der Waals surface area (Å²) in [5.74, 6) is 3.54. The Morgan fingerprint density at radius 2 is 1.94 bits per heavy atom. The van der Waals surface area contributed by atoms with E-state index < -0.39 is 6.10 Å². The summed E-state index contributed by atoms with van der Waals surface area (Å²) in [6.07, 6.45) is 3.51. The molecule has 1 heterocycles. The minimum atomic E-state index is -0.852. The molecular weight excluding hydrogens is 408 g/mol. The van der Waals surface area contributed by atoms with Crippen molar-refractivity contribution in [2.24, 2.45) is 5.92 Å². The Bertz CT molecular complexity index is 1040. The molecule has 3 aromatic rings. The minimum absolute atomic E-state index is 0.136. The largest absolute Gasteiger partial charge is 0.493 e. The van der Waals surface area contributed by atoms with Gasteiger partial charge < -0.3 is 24.3 Å². The quantitative estimate of drug-likeness (QED) is 0.471. The molecule has 0 aliphatic heterocycles. The van der Waals surface area contributed by atoms with Gasteiger partial charge in [-0.2, -0.15) is 0 Å². The van der Waals surface area contributed by atoms with Crippen LogP contribution in [0.4, 0.5) is 0 Å². The fourth-order valence-corrected chi connectivity index (χ4v) is 3.36. The van der Waals surface area contributed by atoms with Gasteiger partial charge in [0.1, 0.15) is 23.4 Å². The van der Waals surface area contributed by atoms with Crippen molar-refractivity contribution in [1.29, 1.82) is 0 Å². The summed E-state index contributed by atoms with van der Waals surface area (Å²) < 4.78 is 17.5. The van der Waals surface area contributed by atoms with E-state index in [4.69, 9.17) is 13.9 Å². The zero-order valence-electron chi connectivity index (χ0n) is 18.3. The summed E-state index contributed by atoms with van der Waals surface area (Å²) in [6, 6.07) is 14.8. The van der Waals surface area contributed by atoms with Gasteiger partial charge >= 0.3 is 0 Å². The second-order valence-electron chi connectivity index (χ2n) is 8.28. The maximum Gasteiger partial charge on any atom is 0.226 e. The fraction of sp³-hybridized carbons (Fsp3) is 0.360. The summed E-state index contributed by atoms with van der Waals surface area (Å²) in [4.78, 5) is 15.4. The first-order valence-electron chi connectivity index (χ1n) is 10.9. The lowest BCUT2D eigenvalue weighted by Gasteiger charge is -2.15. The van der Waals surface area contributed by atoms with Crippen LogP contribution in [-0.2, 0) is 4.79 Å². The second kappa shape index (κ2) is 9.87. The smallest absolute Gasteiger partial charge is 0.226 e. The molecule has 168 valence electrons. The molecule has 1 aromatic heterocycles. The van der Waals surface area contributed by atoms with Gasteiger partial charge in [-0.05, 0) is 62.1 Å². The number of nitrogens with zero attached hydrogens (tertiary/aromatic N) is 1. The number of carbonyl (C=O) groups excluding carboxylic acids is 1. The fourth-order valence-electron chi connectivity index (χ4n) is 3.36. The molecule has 1 fully saturated rings. The third kappa shape index (κ3) is 6.11. The van der Waals surface area contributed by atoms with Crippen LogP contribution in [0.5, 0.6) is 17.2 Å². The zero-order chi connectivity index (χ0) is 22.5. The minimum Gasteiger partial charge on any atom is -0.493 e. The van der Waals surface area contributed by atoms with Crippen LogP contribution >= 0.6 is 0 Å². The monoisotopic (exact) mass is 436 g/mol. The van der Waals surface area contributed by atoms with Gasteiger partial charge in [0.2, 0.25) is 11.8 Å². The maximum absolute atomic E-state index is 11.1. The molecular formula is C25H28N2O5. The van der Waals surface area contributed by atoms with E-state index in [0.29, 0.717) is 35.5 Å². The van der Waals surface area contributed by atoms with Crippen LogP contribution in [-0.4, -0.2) is 28.6 Å². The number of hydrogen-bond acceptors (Lipinski definition) is 6. The molecule has 0 spiro atoms. The standard InChI is InChI=1S/C25H28N2O5/c1-16(27-17(2)28)12-23(29)24-14-26-25(32-24)19-8-10-20(11-9-19)31-22-5-3-4-21(13-22)30-15-18-6-7-18/h3-5,8-11,13-14,16,18,23,29H,6-7,12,15H2,1-2H3,(H,27,28). The highest BCUT2D eigenvalue weighted by molar-refractivity contribution is 5.73. The summed E-state index contributed by atoms with van der Waals surface area (Å²) in [6.45, 7) is 4.04.